The fourth-order valence-electron chi connectivity index (χ4n) is 9.41. The van der Waals surface area contributed by atoms with Gasteiger partial charge < -0.3 is 76.7 Å². The molecule has 0 saturated carbocycles. The van der Waals surface area contributed by atoms with E-state index >= 15 is 0 Å². The number of nitrogen functional groups attached to an aromatic ring is 1. The first-order chi connectivity index (χ1) is 61.1. The molecular formula is C84H91BrF9LiN14O17S4. The average molecular weight is 1950 g/mol. The van der Waals surface area contributed by atoms with Crippen LogP contribution in [0.15, 0.2) is 194 Å². The van der Waals surface area contributed by atoms with Crippen LogP contribution in [0.5, 0.6) is 17.2 Å². The molecule has 13 N–H and O–H groups in total. The molecule has 0 aliphatic rings. The number of carbonyl (C=O) groups is 7. The number of hydrogen-bond acceptors (Lipinski definition) is 29. The third-order valence-corrected chi connectivity index (χ3v) is 18.3. The van der Waals surface area contributed by atoms with E-state index in [1.807, 2.05) is 41.8 Å². The van der Waals surface area contributed by atoms with Gasteiger partial charge in [-0.1, -0.05) is 159 Å². The summed E-state index contributed by atoms with van der Waals surface area (Å²) in [4.78, 5) is 79.5. The molecule has 0 radical (unpaired) electrons. The summed E-state index contributed by atoms with van der Waals surface area (Å²) < 4.78 is 136. The Morgan fingerprint density at radius 3 is 1.05 bits per heavy atom. The number of aryl methyl sites for hydroxylation is 3. The predicted octanol–water partition coefficient (Wildman–Crippen LogP) is 13.8. The minimum Gasteiger partial charge on any atom is -0.870 e. The standard InChI is InChI=1S/C22H20F3N3O4S.C15H16F3N3O3S.C13H15N3O2S.C12H13NO2.C9H7F3O3.C7H6O2.C5H8BrN.CH5N3S.Li.H2O/c23-22(24,25)32-17-10-6-7-15(13-17)14-18(29)26-21-28-27-19(33-21)11-4-5-12-31-20(30)16-8-2-1-3-9-16;16-15(17,18)24-11-5-3-4-10(8-11)9-12(23)19-14-21-20-13(25-14)6-1-2-7-22;14-13-16-15-11(19-13)8-4-5-9-18-12(17)10-6-2-1-3-7-10;13-9-5-2-6-10-15-12(14)11-7-3-1-4-8-11;10-9(11,12)15-7-3-1-2-6(4-7)5-8(13)14;8-7(9)6-4-2-1-3-5-6;6-4-2-1-3-5-7;2-1(5)4-3;;/h1-3,6-10,13H,4-5,11-12,14H2,(H,26,28,29);3-5,8,22H,1-2,6-7,9H2,(H,19,21,23);1-3,6-7H,4-5,8-9H2,(H2,14,16);1,3-4,7-8H,2,5-6,10H2;1-4H,5H2,(H,13,14);1-5H,(H,8,9);1-4H2;3H2,(H3,2,4,5);;1H2/q;;;;;;;;+1;/p-1. The zero-order valence-electron chi connectivity index (χ0n) is 69.6. The number of nitriles is 2. The first-order valence-corrected chi connectivity index (χ1v) is 42.3. The van der Waals surface area contributed by atoms with E-state index in [1.165, 1.54) is 70.4 Å². The van der Waals surface area contributed by atoms with Gasteiger partial charge in [0.1, 0.15) is 32.3 Å². The van der Waals surface area contributed by atoms with Crippen LogP contribution in [0.3, 0.4) is 0 Å². The number of aromatic nitrogens is 6. The Balaban J connectivity index is 0.000000783. The summed E-state index contributed by atoms with van der Waals surface area (Å²) in [5, 5.41) is 75.0. The summed E-state index contributed by atoms with van der Waals surface area (Å²) in [6.45, 7) is 1.20. The zero-order chi connectivity index (χ0) is 94.4. The van der Waals surface area contributed by atoms with E-state index in [4.69, 9.17) is 51.5 Å². The summed E-state index contributed by atoms with van der Waals surface area (Å²) in [6.07, 6.45) is -3.47. The number of halogens is 10. The van der Waals surface area contributed by atoms with Crippen molar-refractivity contribution in [3.05, 3.63) is 248 Å². The van der Waals surface area contributed by atoms with Crippen LogP contribution in [0.4, 0.5) is 54.9 Å². The smallest absolute Gasteiger partial charge is 0.870 e. The van der Waals surface area contributed by atoms with Crippen LogP contribution >= 0.6 is 62.2 Å². The number of nitrogens with zero attached hydrogens (tertiary/aromatic N) is 8. The maximum Gasteiger partial charge on any atom is 1.00 e. The van der Waals surface area contributed by atoms with Crippen molar-refractivity contribution in [1.82, 2.24) is 36.0 Å². The Bertz CT molecular complexity index is 5020. The van der Waals surface area contributed by atoms with Crippen LogP contribution in [-0.4, -0.2) is 149 Å². The summed E-state index contributed by atoms with van der Waals surface area (Å²) >= 11 is 11.3. The van der Waals surface area contributed by atoms with Crippen molar-refractivity contribution in [2.75, 3.05) is 48.1 Å². The number of aromatic carboxylic acids is 1. The van der Waals surface area contributed by atoms with Gasteiger partial charge in [0, 0.05) is 44.0 Å². The molecule has 3 aromatic heterocycles. The minimum atomic E-state index is -4.80. The summed E-state index contributed by atoms with van der Waals surface area (Å²) in [7, 11) is 0. The summed E-state index contributed by atoms with van der Waals surface area (Å²) in [5.74, 6) is -0.309. The topological polar surface area (TPSA) is 505 Å². The first-order valence-electron chi connectivity index (χ1n) is 38.3. The van der Waals surface area contributed by atoms with Crippen LogP contribution in [-0.2, 0) is 67.1 Å². The molecule has 0 spiro atoms. The van der Waals surface area contributed by atoms with Crippen molar-refractivity contribution in [1.29, 1.82) is 10.5 Å². The third kappa shape index (κ3) is 58.2. The monoisotopic (exact) mass is 1950 g/mol. The molecule has 3 heterocycles. The number of alkyl halides is 10. The molecule has 0 aliphatic heterocycles. The van der Waals surface area contributed by atoms with Crippen molar-refractivity contribution >= 4 is 124 Å². The van der Waals surface area contributed by atoms with Crippen molar-refractivity contribution < 1.29 is 141 Å². The van der Waals surface area contributed by atoms with E-state index in [0.29, 0.717) is 106 Å². The van der Waals surface area contributed by atoms with Gasteiger partial charge in [-0.05, 0) is 178 Å². The molecule has 31 nitrogen and oxygen atoms in total. The maximum atomic E-state index is 12.3. The number of hydrazine groups is 1. The van der Waals surface area contributed by atoms with E-state index in [0.717, 1.165) is 110 Å². The van der Waals surface area contributed by atoms with Gasteiger partial charge in [0.15, 0.2) is 5.11 Å². The SMILES string of the molecule is N#CCCCCBr.N#CCCCCOC(=O)c1ccccc1.NNC(N)=S.Nc1nnc(CCCCOC(=O)c2ccccc2)s1.O=C(Cc1cccc(OC(F)(F)F)c1)Nc1nnc(CCCCO)s1.O=C(Cc1cccc(OC(F)(F)F)c1)Nc1nnc(CCCCOC(=O)c2ccccc2)s1.O=C(O)Cc1cccc(OC(F)(F)F)c1.O=C(O)c1ccccc1.[Li+].[OH-]. The minimum absolute atomic E-state index is 0. The number of nitrogens with one attached hydrogen (secondary N) is 3. The quantitative estimate of drug-likeness (QED) is 0.00203. The second-order valence-electron chi connectivity index (χ2n) is 25.3. The molecule has 130 heavy (non-hydrogen) atoms. The number of benzene rings is 7. The van der Waals surface area contributed by atoms with Crippen molar-refractivity contribution in [2.24, 2.45) is 11.6 Å². The largest absolute Gasteiger partial charge is 1.00 e. The fourth-order valence-corrected chi connectivity index (χ4v) is 12.0. The Hall–Kier alpha value is -12.3. The molecule has 7 aromatic carbocycles. The second-order valence-corrected chi connectivity index (χ2v) is 29.8. The molecule has 10 rings (SSSR count). The summed E-state index contributed by atoms with van der Waals surface area (Å²) in [5.41, 5.74) is 15.3. The molecule has 0 atom stereocenters. The van der Waals surface area contributed by atoms with Gasteiger partial charge >= 0.3 is 67.8 Å². The van der Waals surface area contributed by atoms with Gasteiger partial charge in [-0.25, -0.2) is 25.0 Å². The number of carboxylic acids is 2. The second kappa shape index (κ2) is 67.0. The number of rotatable bonds is 36. The molecule has 2 amide bonds. The number of amides is 2. The number of unbranched alkanes of at least 4 members (excludes halogenated alkanes) is 7. The maximum absolute atomic E-state index is 12.3. The van der Waals surface area contributed by atoms with Gasteiger partial charge in [0.25, 0.3) is 0 Å². The Morgan fingerprint density at radius 2 is 0.762 bits per heavy atom. The van der Waals surface area contributed by atoms with E-state index in [2.05, 4.69) is 95.5 Å². The number of aliphatic hydroxyl groups excluding tert-OH is 1. The molecule has 0 saturated heterocycles. The number of ether oxygens (including phenoxy) is 6. The van der Waals surface area contributed by atoms with E-state index in [-0.39, 0.29) is 96.9 Å². The van der Waals surface area contributed by atoms with Crippen LogP contribution in [0.25, 0.3) is 0 Å². The number of anilines is 3. The Morgan fingerprint density at radius 1 is 0.446 bits per heavy atom. The van der Waals surface area contributed by atoms with Crippen LogP contribution in [0, 0.1) is 22.7 Å². The Kier molecular flexibility index (Phi) is 59.6. The number of nitrogens with two attached hydrogens (primary N) is 3. The number of aliphatic hydroxyl groups is 1. The molecule has 46 heteroatoms. The third-order valence-electron chi connectivity index (χ3n) is 15.0. The van der Waals surface area contributed by atoms with Crippen LogP contribution in [0.1, 0.15) is 150 Å². The number of carboxylic acid groups (broad SMARTS) is 2. The van der Waals surface area contributed by atoms with Gasteiger partial charge in [-0.3, -0.25) is 14.4 Å². The normalized spacial score (nSPS) is 10.2. The molecule has 0 aliphatic carbocycles. The average Bonchev–Trinajstić information content (AvgIpc) is 1.22. The van der Waals surface area contributed by atoms with Gasteiger partial charge in [0.2, 0.25) is 27.2 Å². The number of aliphatic carboxylic acids is 1. The predicted molar refractivity (Wildman–Crippen MR) is 468 cm³/mol. The molecule has 694 valence electrons. The summed E-state index contributed by atoms with van der Waals surface area (Å²) in [6, 6.07) is 54.4. The van der Waals surface area contributed by atoms with Crippen LogP contribution in [0.2, 0.25) is 0 Å². The van der Waals surface area contributed by atoms with Gasteiger partial charge in [-0.15, -0.1) is 70.1 Å². The van der Waals surface area contributed by atoms with Crippen molar-refractivity contribution in [3.63, 3.8) is 0 Å². The van der Waals surface area contributed by atoms with Crippen molar-refractivity contribution in [3.8, 4) is 29.4 Å². The molecule has 0 bridgehead atoms. The molecule has 10 aromatic rings. The van der Waals surface area contributed by atoms with E-state index < -0.39 is 48.6 Å². The number of carbonyl (C=O) groups excluding carboxylic acids is 5. The Labute approximate surface area is 778 Å². The van der Waals surface area contributed by atoms with Crippen molar-refractivity contribution in [2.45, 2.75) is 135 Å². The number of esters is 3. The zero-order valence-corrected chi connectivity index (χ0v) is 74.4. The molecular weight excluding hydrogens is 1860 g/mol. The van der Waals surface area contributed by atoms with Gasteiger partial charge in [-0.2, -0.15) is 10.5 Å². The number of thiocarbonyl (C=S) groups is 1. The van der Waals surface area contributed by atoms with E-state index in [1.54, 1.807) is 91.0 Å². The first kappa shape index (κ1) is 116. The fraction of sp³-hybridized carbons (Fsp3) is 0.310. The number of hydrogen-bond donors (Lipinski definition) is 9. The molecule has 0 unspecified atom stereocenters. The molecule has 0 fully saturated rings. The van der Waals surface area contributed by atoms with E-state index in [9.17, 15) is 73.1 Å². The van der Waals surface area contributed by atoms with Crippen LogP contribution < -0.4 is 66.4 Å². The van der Waals surface area contributed by atoms with Gasteiger partial charge in [0.05, 0.1) is 73.5 Å².